The van der Waals surface area contributed by atoms with Crippen molar-refractivity contribution in [2.45, 2.75) is 25.7 Å². The van der Waals surface area contributed by atoms with Crippen LogP contribution in [-0.4, -0.2) is 11.1 Å². The molecule has 1 aromatic carbocycles. The van der Waals surface area contributed by atoms with Gasteiger partial charge in [-0.25, -0.2) is 0 Å². The molecule has 0 aliphatic carbocycles. The number of carbonyl (C=O) groups is 1. The fraction of sp³-hybridized carbons (Fsp3) is 0.308. The molecule has 3 nitrogen and oxygen atoms in total. The van der Waals surface area contributed by atoms with Gasteiger partial charge in [0, 0.05) is 5.39 Å². The van der Waals surface area contributed by atoms with Crippen LogP contribution in [0.4, 0.5) is 0 Å². The van der Waals surface area contributed by atoms with E-state index in [0.29, 0.717) is 12.2 Å². The quantitative estimate of drug-likeness (QED) is 0.855. The molecule has 0 saturated heterocycles. The van der Waals surface area contributed by atoms with Crippen LogP contribution in [0.25, 0.3) is 11.0 Å². The van der Waals surface area contributed by atoms with Crippen LogP contribution in [0.5, 0.6) is 0 Å². The summed E-state index contributed by atoms with van der Waals surface area (Å²) in [6.07, 6.45) is 1.43. The Morgan fingerprint density at radius 1 is 1.44 bits per heavy atom. The van der Waals surface area contributed by atoms with E-state index in [1.54, 1.807) is 0 Å². The van der Waals surface area contributed by atoms with Crippen LogP contribution < -0.4 is 0 Å². The molecule has 1 N–H and O–H groups in total. The molecule has 1 atom stereocenters. The molecule has 0 spiro atoms. The van der Waals surface area contributed by atoms with Gasteiger partial charge in [0.15, 0.2) is 0 Å². The van der Waals surface area contributed by atoms with E-state index < -0.39 is 11.9 Å². The van der Waals surface area contributed by atoms with E-state index >= 15 is 0 Å². The average molecular weight is 218 g/mol. The van der Waals surface area contributed by atoms with Crippen molar-refractivity contribution in [1.82, 2.24) is 0 Å². The molecule has 1 unspecified atom stereocenters. The molecule has 1 heterocycles. The zero-order valence-corrected chi connectivity index (χ0v) is 9.14. The van der Waals surface area contributed by atoms with Crippen LogP contribution in [0, 0.1) is 0 Å². The second kappa shape index (κ2) is 4.39. The van der Waals surface area contributed by atoms with Gasteiger partial charge < -0.3 is 9.52 Å². The summed E-state index contributed by atoms with van der Waals surface area (Å²) in [5.74, 6) is -0.797. The topological polar surface area (TPSA) is 50.4 Å². The molecule has 2 rings (SSSR count). The van der Waals surface area contributed by atoms with E-state index in [9.17, 15) is 4.79 Å². The summed E-state index contributed by atoms with van der Waals surface area (Å²) in [5, 5.41) is 10.1. The van der Waals surface area contributed by atoms with E-state index in [2.05, 4.69) is 0 Å². The Morgan fingerprint density at radius 3 is 2.81 bits per heavy atom. The van der Waals surface area contributed by atoms with E-state index in [0.717, 1.165) is 17.4 Å². The molecule has 0 fully saturated rings. The summed E-state index contributed by atoms with van der Waals surface area (Å²) >= 11 is 0. The van der Waals surface area contributed by atoms with E-state index in [-0.39, 0.29) is 0 Å². The monoisotopic (exact) mass is 218 g/mol. The number of hydrogen-bond acceptors (Lipinski definition) is 2. The van der Waals surface area contributed by atoms with Gasteiger partial charge in [0.1, 0.15) is 17.3 Å². The number of para-hydroxylation sites is 1. The highest BCUT2D eigenvalue weighted by Crippen LogP contribution is 2.28. The second-order valence-electron chi connectivity index (χ2n) is 3.87. The lowest BCUT2D eigenvalue weighted by molar-refractivity contribution is -0.139. The molecule has 84 valence electrons. The predicted octanol–water partition coefficient (Wildman–Crippen LogP) is 3.40. The standard InChI is InChI=1S/C13H14O3/c1-2-5-10(13(14)15)12-8-9-6-3-4-7-11(9)16-12/h3-4,6-8,10H,2,5H2,1H3,(H,14,15). The van der Waals surface area contributed by atoms with Crippen molar-refractivity contribution in [1.29, 1.82) is 0 Å². The van der Waals surface area contributed by atoms with Gasteiger partial charge in [-0.05, 0) is 18.6 Å². The molecular formula is C13H14O3. The first-order valence-electron chi connectivity index (χ1n) is 5.43. The third-order valence-corrected chi connectivity index (χ3v) is 2.66. The van der Waals surface area contributed by atoms with Gasteiger partial charge in [0.05, 0.1) is 0 Å². The molecule has 0 amide bonds. The number of benzene rings is 1. The number of aliphatic carboxylic acids is 1. The maximum absolute atomic E-state index is 11.1. The molecule has 0 radical (unpaired) electrons. The first-order chi connectivity index (χ1) is 7.72. The van der Waals surface area contributed by atoms with Gasteiger partial charge in [0.25, 0.3) is 0 Å². The van der Waals surface area contributed by atoms with Crippen LogP contribution in [0.3, 0.4) is 0 Å². The summed E-state index contributed by atoms with van der Waals surface area (Å²) in [6.45, 7) is 1.97. The Hall–Kier alpha value is -1.77. The van der Waals surface area contributed by atoms with Crippen molar-refractivity contribution in [2.75, 3.05) is 0 Å². The van der Waals surface area contributed by atoms with Crippen LogP contribution in [-0.2, 0) is 4.79 Å². The highest BCUT2D eigenvalue weighted by Gasteiger charge is 2.22. The molecule has 0 bridgehead atoms. The third-order valence-electron chi connectivity index (χ3n) is 2.66. The summed E-state index contributed by atoms with van der Waals surface area (Å²) in [4.78, 5) is 11.1. The first-order valence-corrected chi connectivity index (χ1v) is 5.43. The van der Waals surface area contributed by atoms with Gasteiger partial charge in [-0.1, -0.05) is 31.5 Å². The smallest absolute Gasteiger partial charge is 0.314 e. The number of hydrogen-bond donors (Lipinski definition) is 1. The van der Waals surface area contributed by atoms with Gasteiger partial charge in [-0.2, -0.15) is 0 Å². The zero-order valence-electron chi connectivity index (χ0n) is 9.14. The van der Waals surface area contributed by atoms with Crippen LogP contribution >= 0.6 is 0 Å². The first kappa shape index (κ1) is 10.7. The maximum Gasteiger partial charge on any atom is 0.314 e. The Bertz CT molecular complexity index is 466. The average Bonchev–Trinajstić information content (AvgIpc) is 2.68. The molecule has 2 aromatic rings. The van der Waals surface area contributed by atoms with E-state index in [4.69, 9.17) is 9.52 Å². The molecule has 0 saturated carbocycles. The number of fused-ring (bicyclic) bond motifs is 1. The van der Waals surface area contributed by atoms with Crippen molar-refractivity contribution in [3.05, 3.63) is 36.1 Å². The zero-order chi connectivity index (χ0) is 11.5. The van der Waals surface area contributed by atoms with Crippen LogP contribution in [0.1, 0.15) is 31.4 Å². The highest BCUT2D eigenvalue weighted by atomic mass is 16.4. The lowest BCUT2D eigenvalue weighted by atomic mass is 10.0. The Balaban J connectivity index is 2.40. The molecule has 0 aliphatic rings. The molecule has 1 aromatic heterocycles. The van der Waals surface area contributed by atoms with Gasteiger partial charge in [-0.3, -0.25) is 4.79 Å². The van der Waals surface area contributed by atoms with E-state index in [1.165, 1.54) is 0 Å². The van der Waals surface area contributed by atoms with Gasteiger partial charge in [-0.15, -0.1) is 0 Å². The van der Waals surface area contributed by atoms with Crippen molar-refractivity contribution in [2.24, 2.45) is 0 Å². The third kappa shape index (κ3) is 1.94. The number of rotatable bonds is 4. The molecular weight excluding hydrogens is 204 g/mol. The summed E-state index contributed by atoms with van der Waals surface area (Å²) in [5.41, 5.74) is 0.750. The Labute approximate surface area is 93.7 Å². The summed E-state index contributed by atoms with van der Waals surface area (Å²) in [7, 11) is 0. The Morgan fingerprint density at radius 2 is 2.19 bits per heavy atom. The maximum atomic E-state index is 11.1. The SMILES string of the molecule is CCCC(C(=O)O)c1cc2ccccc2o1. The minimum atomic E-state index is -0.819. The second-order valence-corrected chi connectivity index (χ2v) is 3.87. The van der Waals surface area contributed by atoms with Gasteiger partial charge in [0.2, 0.25) is 0 Å². The minimum absolute atomic E-state index is 0.530. The normalized spacial score (nSPS) is 12.8. The van der Waals surface area contributed by atoms with Crippen LogP contribution in [0.15, 0.2) is 34.7 Å². The summed E-state index contributed by atoms with van der Waals surface area (Å²) < 4.78 is 5.56. The lowest BCUT2D eigenvalue weighted by Crippen LogP contribution is -2.10. The largest absolute Gasteiger partial charge is 0.481 e. The number of carboxylic acids is 1. The predicted molar refractivity (Wildman–Crippen MR) is 61.5 cm³/mol. The van der Waals surface area contributed by atoms with Crippen molar-refractivity contribution in [3.63, 3.8) is 0 Å². The minimum Gasteiger partial charge on any atom is -0.481 e. The molecule has 16 heavy (non-hydrogen) atoms. The number of carboxylic acid groups (broad SMARTS) is 1. The molecule has 3 heteroatoms. The fourth-order valence-corrected chi connectivity index (χ4v) is 1.85. The van der Waals surface area contributed by atoms with E-state index in [1.807, 2.05) is 37.3 Å². The van der Waals surface area contributed by atoms with Crippen molar-refractivity contribution in [3.8, 4) is 0 Å². The van der Waals surface area contributed by atoms with Crippen LogP contribution in [0.2, 0.25) is 0 Å². The number of furan rings is 1. The highest BCUT2D eigenvalue weighted by molar-refractivity contribution is 5.81. The fourth-order valence-electron chi connectivity index (χ4n) is 1.85. The molecule has 0 aliphatic heterocycles. The van der Waals surface area contributed by atoms with Crippen molar-refractivity contribution < 1.29 is 14.3 Å². The van der Waals surface area contributed by atoms with Crippen molar-refractivity contribution >= 4 is 16.9 Å². The Kier molecular flexibility index (Phi) is 2.95. The van der Waals surface area contributed by atoms with Gasteiger partial charge >= 0.3 is 5.97 Å². The lowest BCUT2D eigenvalue weighted by Gasteiger charge is -2.06. The summed E-state index contributed by atoms with van der Waals surface area (Å²) in [6, 6.07) is 9.39.